The Morgan fingerprint density at radius 3 is 2.62 bits per heavy atom. The quantitative estimate of drug-likeness (QED) is 0.668. The van der Waals surface area contributed by atoms with Gasteiger partial charge in [0.2, 0.25) is 0 Å². The van der Waals surface area contributed by atoms with E-state index in [1.54, 1.807) is 12.1 Å². The van der Waals surface area contributed by atoms with Crippen LogP contribution in [0.1, 0.15) is 27.2 Å². The van der Waals surface area contributed by atoms with Crippen LogP contribution < -0.4 is 10.5 Å². The van der Waals surface area contributed by atoms with Crippen molar-refractivity contribution >= 4 is 23.1 Å². The molecular formula is C22H24N4O2S. The first-order chi connectivity index (χ1) is 14.0. The van der Waals surface area contributed by atoms with Crippen LogP contribution in [-0.2, 0) is 0 Å². The summed E-state index contributed by atoms with van der Waals surface area (Å²) in [6.07, 6.45) is 0.863. The van der Waals surface area contributed by atoms with E-state index in [-0.39, 0.29) is 11.5 Å². The van der Waals surface area contributed by atoms with E-state index in [0.717, 1.165) is 41.5 Å². The average molecular weight is 409 g/mol. The maximum absolute atomic E-state index is 12.7. The van der Waals surface area contributed by atoms with E-state index >= 15 is 0 Å². The Hall–Kier alpha value is -2.93. The summed E-state index contributed by atoms with van der Waals surface area (Å²) >= 11 is 1.48. The number of benzene rings is 1. The van der Waals surface area contributed by atoms with Crippen LogP contribution in [0.3, 0.4) is 0 Å². The highest BCUT2D eigenvalue weighted by Gasteiger charge is 2.22. The number of thiophene rings is 1. The predicted molar refractivity (Wildman–Crippen MR) is 116 cm³/mol. The summed E-state index contributed by atoms with van der Waals surface area (Å²) < 4.78 is 1.46. The van der Waals surface area contributed by atoms with Gasteiger partial charge in [0.15, 0.2) is 0 Å². The molecule has 0 aliphatic carbocycles. The van der Waals surface area contributed by atoms with Crippen LogP contribution in [0.4, 0.5) is 5.82 Å². The van der Waals surface area contributed by atoms with Crippen molar-refractivity contribution in [1.82, 2.24) is 14.7 Å². The number of hydrogen-bond acceptors (Lipinski definition) is 5. The number of carbonyl (C=O) groups is 1. The number of aromatic nitrogens is 2. The monoisotopic (exact) mass is 408 g/mol. The summed E-state index contributed by atoms with van der Waals surface area (Å²) in [6, 6.07) is 13.0. The fourth-order valence-corrected chi connectivity index (χ4v) is 4.21. The molecule has 0 unspecified atom stereocenters. The largest absolute Gasteiger partial charge is 0.353 e. The van der Waals surface area contributed by atoms with Crippen molar-refractivity contribution < 1.29 is 4.79 Å². The van der Waals surface area contributed by atoms with Crippen LogP contribution >= 0.6 is 11.3 Å². The van der Waals surface area contributed by atoms with E-state index in [1.165, 1.54) is 21.6 Å². The first-order valence-electron chi connectivity index (χ1n) is 9.79. The van der Waals surface area contributed by atoms with Gasteiger partial charge in [0.05, 0.1) is 10.6 Å². The number of amides is 1. The van der Waals surface area contributed by atoms with Crippen molar-refractivity contribution in [3.05, 3.63) is 74.2 Å². The molecule has 3 heterocycles. The molecule has 0 bridgehead atoms. The normalized spacial score (nSPS) is 14.7. The molecule has 1 aliphatic heterocycles. The van der Waals surface area contributed by atoms with Gasteiger partial charge in [-0.1, -0.05) is 12.1 Å². The third-order valence-electron chi connectivity index (χ3n) is 5.36. The number of carbonyl (C=O) groups excluding carboxylic acids is 1. The van der Waals surface area contributed by atoms with Gasteiger partial charge in [-0.3, -0.25) is 9.59 Å². The zero-order valence-electron chi connectivity index (χ0n) is 16.7. The highest BCUT2D eigenvalue weighted by Crippen LogP contribution is 2.18. The van der Waals surface area contributed by atoms with Gasteiger partial charge in [-0.05, 0) is 61.0 Å². The Morgan fingerprint density at radius 1 is 1.00 bits per heavy atom. The lowest BCUT2D eigenvalue weighted by molar-refractivity contribution is 0.0772. The first kappa shape index (κ1) is 19.4. The summed E-state index contributed by atoms with van der Waals surface area (Å²) in [6.45, 7) is 6.93. The smallest absolute Gasteiger partial charge is 0.271 e. The highest BCUT2D eigenvalue weighted by molar-refractivity contribution is 7.12. The van der Waals surface area contributed by atoms with Crippen molar-refractivity contribution in [3.8, 4) is 5.69 Å². The summed E-state index contributed by atoms with van der Waals surface area (Å²) in [5.74, 6) is 0.850. The predicted octanol–water partition coefficient (Wildman–Crippen LogP) is 3.26. The fraction of sp³-hybridized carbons (Fsp3) is 0.318. The van der Waals surface area contributed by atoms with Gasteiger partial charge in [0.1, 0.15) is 5.82 Å². The standard InChI is InChI=1S/C22H24N4O2S/c1-16-6-7-18(15-17(16)2)26-21(27)9-8-20(23-26)24-10-4-11-25(13-12-24)22(28)19-5-3-14-29-19/h3,5-9,14-15H,4,10-13H2,1-2H3. The zero-order chi connectivity index (χ0) is 20.4. The van der Waals surface area contributed by atoms with Gasteiger partial charge in [-0.15, -0.1) is 16.4 Å². The van der Waals surface area contributed by atoms with E-state index in [0.29, 0.717) is 13.1 Å². The molecule has 2 aromatic heterocycles. The zero-order valence-corrected chi connectivity index (χ0v) is 17.5. The second-order valence-electron chi connectivity index (χ2n) is 7.32. The van der Waals surface area contributed by atoms with Crippen molar-refractivity contribution in [2.45, 2.75) is 20.3 Å². The lowest BCUT2D eigenvalue weighted by Gasteiger charge is -2.23. The minimum Gasteiger partial charge on any atom is -0.353 e. The Morgan fingerprint density at radius 2 is 1.86 bits per heavy atom. The van der Waals surface area contributed by atoms with Crippen LogP contribution in [0.2, 0.25) is 0 Å². The minimum atomic E-state index is -0.152. The molecule has 6 nitrogen and oxygen atoms in total. The average Bonchev–Trinajstić information content (AvgIpc) is 3.15. The second kappa shape index (κ2) is 8.21. The van der Waals surface area contributed by atoms with Crippen molar-refractivity contribution in [2.75, 3.05) is 31.1 Å². The Labute approximate surface area is 174 Å². The van der Waals surface area contributed by atoms with E-state index < -0.39 is 0 Å². The molecule has 1 aromatic carbocycles. The Balaban J connectivity index is 1.55. The molecular weight excluding hydrogens is 384 g/mol. The van der Waals surface area contributed by atoms with E-state index in [1.807, 2.05) is 54.5 Å². The molecule has 7 heteroatoms. The lowest BCUT2D eigenvalue weighted by Crippen LogP contribution is -2.35. The topological polar surface area (TPSA) is 58.4 Å². The van der Waals surface area contributed by atoms with Crippen LogP contribution in [0.15, 0.2) is 52.6 Å². The highest BCUT2D eigenvalue weighted by atomic mass is 32.1. The molecule has 0 radical (unpaired) electrons. The third kappa shape index (κ3) is 4.10. The van der Waals surface area contributed by atoms with Gasteiger partial charge in [0.25, 0.3) is 11.5 Å². The molecule has 1 aliphatic rings. The lowest BCUT2D eigenvalue weighted by atomic mass is 10.1. The summed E-state index contributed by atoms with van der Waals surface area (Å²) in [4.78, 5) is 29.9. The van der Waals surface area contributed by atoms with Crippen molar-refractivity contribution in [2.24, 2.45) is 0 Å². The van der Waals surface area contributed by atoms with Gasteiger partial charge < -0.3 is 9.80 Å². The fourth-order valence-electron chi connectivity index (χ4n) is 3.52. The summed E-state index contributed by atoms with van der Waals surface area (Å²) in [5.41, 5.74) is 2.92. The van der Waals surface area contributed by atoms with Crippen molar-refractivity contribution in [1.29, 1.82) is 0 Å². The third-order valence-corrected chi connectivity index (χ3v) is 6.22. The molecule has 1 fully saturated rings. The van der Waals surface area contributed by atoms with Gasteiger partial charge in [-0.2, -0.15) is 4.68 Å². The molecule has 150 valence electrons. The first-order valence-corrected chi connectivity index (χ1v) is 10.7. The van der Waals surface area contributed by atoms with Gasteiger partial charge in [-0.25, -0.2) is 0 Å². The van der Waals surface area contributed by atoms with Crippen LogP contribution in [0, 0.1) is 13.8 Å². The Bertz CT molecular complexity index is 1070. The van der Waals surface area contributed by atoms with Crippen LogP contribution in [-0.4, -0.2) is 46.8 Å². The molecule has 1 saturated heterocycles. The second-order valence-corrected chi connectivity index (χ2v) is 8.27. The number of aryl methyl sites for hydroxylation is 2. The minimum absolute atomic E-state index is 0.0925. The maximum atomic E-state index is 12.7. The summed E-state index contributed by atoms with van der Waals surface area (Å²) in [5, 5.41) is 6.56. The van der Waals surface area contributed by atoms with E-state index in [9.17, 15) is 9.59 Å². The molecule has 1 amide bonds. The molecule has 3 aromatic rings. The number of rotatable bonds is 3. The molecule has 4 rings (SSSR count). The van der Waals surface area contributed by atoms with Gasteiger partial charge >= 0.3 is 0 Å². The SMILES string of the molecule is Cc1ccc(-n2nc(N3CCCN(C(=O)c4cccs4)CC3)ccc2=O)cc1C. The Kier molecular flexibility index (Phi) is 5.49. The number of anilines is 1. The molecule has 0 saturated carbocycles. The molecule has 0 atom stereocenters. The van der Waals surface area contributed by atoms with Crippen LogP contribution in [0.5, 0.6) is 0 Å². The molecule has 0 N–H and O–H groups in total. The maximum Gasteiger partial charge on any atom is 0.271 e. The van der Waals surface area contributed by atoms with E-state index in [2.05, 4.69) is 10.00 Å². The van der Waals surface area contributed by atoms with E-state index in [4.69, 9.17) is 0 Å². The molecule has 29 heavy (non-hydrogen) atoms. The summed E-state index contributed by atoms with van der Waals surface area (Å²) in [7, 11) is 0. The number of nitrogens with zero attached hydrogens (tertiary/aromatic N) is 4. The number of hydrogen-bond donors (Lipinski definition) is 0. The van der Waals surface area contributed by atoms with Crippen LogP contribution in [0.25, 0.3) is 5.69 Å². The van der Waals surface area contributed by atoms with Crippen molar-refractivity contribution in [3.63, 3.8) is 0 Å². The van der Waals surface area contributed by atoms with Gasteiger partial charge in [0, 0.05) is 32.2 Å². The molecule has 0 spiro atoms.